The zero-order valence-electron chi connectivity index (χ0n) is 19.0. The first-order valence-corrected chi connectivity index (χ1v) is 11.0. The molecular weight excluding hydrogens is 440 g/mol. The molecule has 2 atom stereocenters. The Balaban J connectivity index is 1.60. The summed E-state index contributed by atoms with van der Waals surface area (Å²) >= 11 is 0. The fourth-order valence-electron chi connectivity index (χ4n) is 4.14. The van der Waals surface area contributed by atoms with E-state index in [9.17, 15) is 8.78 Å². The maximum absolute atomic E-state index is 14.8. The molecule has 174 valence electrons. The molecule has 9 heteroatoms. The second kappa shape index (κ2) is 8.98. The molecule has 7 nitrogen and oxygen atoms in total. The summed E-state index contributed by atoms with van der Waals surface area (Å²) in [6.07, 6.45) is 1.02. The van der Waals surface area contributed by atoms with Crippen molar-refractivity contribution in [1.29, 1.82) is 0 Å². The third kappa shape index (κ3) is 4.19. The van der Waals surface area contributed by atoms with Gasteiger partial charge in [-0.15, -0.1) is 0 Å². The molecule has 0 amide bonds. The summed E-state index contributed by atoms with van der Waals surface area (Å²) in [7, 11) is 1.57. The van der Waals surface area contributed by atoms with Gasteiger partial charge in [0.25, 0.3) is 0 Å². The van der Waals surface area contributed by atoms with Crippen LogP contribution in [0.4, 0.5) is 8.78 Å². The van der Waals surface area contributed by atoms with Gasteiger partial charge < -0.3 is 9.47 Å². The predicted octanol–water partition coefficient (Wildman–Crippen LogP) is 5.02. The Labute approximate surface area is 195 Å². The molecule has 5 rings (SSSR count). The Morgan fingerprint density at radius 3 is 2.59 bits per heavy atom. The average molecular weight is 463 g/mol. The quantitative estimate of drug-likeness (QED) is 0.420. The SMILES string of the molecule is COc1cccc(C2CC(c3nc(-c4ccc(F)cc4F)c4nc(C)c(C)nc4n3)CCO2)n1. The van der Waals surface area contributed by atoms with Crippen molar-refractivity contribution < 1.29 is 18.3 Å². The largest absolute Gasteiger partial charge is 0.481 e. The maximum Gasteiger partial charge on any atom is 0.213 e. The highest BCUT2D eigenvalue weighted by atomic mass is 19.1. The Morgan fingerprint density at radius 1 is 0.971 bits per heavy atom. The van der Waals surface area contributed by atoms with Gasteiger partial charge in [0.1, 0.15) is 34.8 Å². The van der Waals surface area contributed by atoms with E-state index in [1.54, 1.807) is 13.2 Å². The van der Waals surface area contributed by atoms with E-state index in [1.165, 1.54) is 12.1 Å². The van der Waals surface area contributed by atoms with Crippen molar-refractivity contribution in [1.82, 2.24) is 24.9 Å². The Morgan fingerprint density at radius 2 is 1.79 bits per heavy atom. The lowest BCUT2D eigenvalue weighted by atomic mass is 9.92. The number of fused-ring (bicyclic) bond motifs is 1. The number of halogens is 2. The summed E-state index contributed by atoms with van der Waals surface area (Å²) in [6, 6.07) is 8.98. The summed E-state index contributed by atoms with van der Waals surface area (Å²) in [5.41, 5.74) is 3.42. The normalized spacial score (nSPS) is 18.3. The zero-order valence-corrected chi connectivity index (χ0v) is 19.0. The van der Waals surface area contributed by atoms with E-state index in [-0.39, 0.29) is 17.6 Å². The number of hydrogen-bond acceptors (Lipinski definition) is 7. The number of nitrogens with zero attached hydrogens (tertiary/aromatic N) is 5. The third-order valence-electron chi connectivity index (χ3n) is 6.08. The van der Waals surface area contributed by atoms with Crippen LogP contribution in [0, 0.1) is 25.5 Å². The van der Waals surface area contributed by atoms with Crippen molar-refractivity contribution in [3.05, 3.63) is 70.9 Å². The van der Waals surface area contributed by atoms with Crippen LogP contribution in [0.3, 0.4) is 0 Å². The van der Waals surface area contributed by atoms with E-state index in [0.717, 1.165) is 17.5 Å². The zero-order chi connectivity index (χ0) is 23.8. The van der Waals surface area contributed by atoms with E-state index < -0.39 is 11.6 Å². The predicted molar refractivity (Wildman–Crippen MR) is 121 cm³/mol. The standard InChI is InChI=1S/C25H23F2N5O2/c1-13-14(2)29-25-23(28-13)22(17-8-7-16(26)12-18(17)27)31-24(32-25)15-9-10-34-20(11-15)19-5-4-6-21(30-19)33-3/h4-8,12,15,20H,9-11H2,1-3H3. The number of rotatable bonds is 4. The van der Waals surface area contributed by atoms with Gasteiger partial charge in [0, 0.05) is 30.2 Å². The number of pyridine rings is 1. The van der Waals surface area contributed by atoms with Crippen LogP contribution in [-0.2, 0) is 4.74 Å². The first-order valence-electron chi connectivity index (χ1n) is 11.0. The van der Waals surface area contributed by atoms with Gasteiger partial charge in [-0.2, -0.15) is 0 Å². The van der Waals surface area contributed by atoms with Crippen LogP contribution in [0.5, 0.6) is 5.88 Å². The molecule has 1 saturated heterocycles. The number of methoxy groups -OCH3 is 1. The maximum atomic E-state index is 14.8. The molecule has 4 aromatic rings. The van der Waals surface area contributed by atoms with Gasteiger partial charge in [-0.25, -0.2) is 33.7 Å². The second-order valence-electron chi connectivity index (χ2n) is 8.31. The number of ether oxygens (including phenoxy) is 2. The van der Waals surface area contributed by atoms with Crippen LogP contribution in [0.15, 0.2) is 36.4 Å². The number of aromatic nitrogens is 5. The van der Waals surface area contributed by atoms with Gasteiger partial charge in [-0.05, 0) is 44.9 Å². The van der Waals surface area contributed by atoms with E-state index >= 15 is 0 Å². The van der Waals surface area contributed by atoms with Gasteiger partial charge in [-0.1, -0.05) is 6.07 Å². The molecule has 34 heavy (non-hydrogen) atoms. The monoisotopic (exact) mass is 463 g/mol. The molecule has 4 heterocycles. The van der Waals surface area contributed by atoms with Crippen LogP contribution < -0.4 is 4.74 Å². The highest BCUT2D eigenvalue weighted by Crippen LogP contribution is 2.38. The van der Waals surface area contributed by atoms with Crippen LogP contribution >= 0.6 is 0 Å². The molecule has 1 aromatic carbocycles. The van der Waals surface area contributed by atoms with Crippen molar-refractivity contribution in [3.63, 3.8) is 0 Å². The van der Waals surface area contributed by atoms with E-state index in [4.69, 9.17) is 19.4 Å². The number of benzene rings is 1. The molecule has 0 radical (unpaired) electrons. The fraction of sp³-hybridized carbons (Fsp3) is 0.320. The molecule has 0 spiro atoms. The lowest BCUT2D eigenvalue weighted by Gasteiger charge is -2.28. The van der Waals surface area contributed by atoms with E-state index in [1.807, 2.05) is 26.0 Å². The van der Waals surface area contributed by atoms with Crippen molar-refractivity contribution in [2.75, 3.05) is 13.7 Å². The number of aryl methyl sites for hydroxylation is 2. The molecule has 1 aliphatic rings. The molecular formula is C25H23F2N5O2. The topological polar surface area (TPSA) is 82.9 Å². The van der Waals surface area contributed by atoms with Crippen LogP contribution in [-0.4, -0.2) is 38.6 Å². The van der Waals surface area contributed by atoms with Crippen molar-refractivity contribution in [2.45, 2.75) is 38.7 Å². The van der Waals surface area contributed by atoms with Crippen molar-refractivity contribution in [3.8, 4) is 17.1 Å². The minimum absolute atomic E-state index is 0.0678. The third-order valence-corrected chi connectivity index (χ3v) is 6.08. The second-order valence-corrected chi connectivity index (χ2v) is 8.31. The van der Waals surface area contributed by atoms with Crippen molar-refractivity contribution >= 4 is 11.2 Å². The molecule has 2 unspecified atom stereocenters. The van der Waals surface area contributed by atoms with Crippen LogP contribution in [0.2, 0.25) is 0 Å². The van der Waals surface area contributed by atoms with Gasteiger partial charge >= 0.3 is 0 Å². The minimum Gasteiger partial charge on any atom is -0.481 e. The lowest BCUT2D eigenvalue weighted by Crippen LogP contribution is -2.21. The first kappa shape index (κ1) is 22.2. The average Bonchev–Trinajstić information content (AvgIpc) is 2.84. The summed E-state index contributed by atoms with van der Waals surface area (Å²) in [5.74, 6) is -0.394. The first-order chi connectivity index (χ1) is 16.4. The molecule has 0 N–H and O–H groups in total. The molecule has 0 bridgehead atoms. The van der Waals surface area contributed by atoms with Gasteiger partial charge in [-0.3, -0.25) is 0 Å². The smallest absolute Gasteiger partial charge is 0.213 e. The summed E-state index contributed by atoms with van der Waals surface area (Å²) in [5, 5.41) is 0. The summed E-state index contributed by atoms with van der Waals surface area (Å²) in [6.45, 7) is 4.17. The van der Waals surface area contributed by atoms with E-state index in [2.05, 4.69) is 15.0 Å². The Kier molecular flexibility index (Phi) is 5.87. The molecule has 1 fully saturated rings. The highest BCUT2D eigenvalue weighted by molar-refractivity contribution is 5.87. The van der Waals surface area contributed by atoms with Gasteiger partial charge in [0.05, 0.1) is 24.2 Å². The molecule has 1 aliphatic heterocycles. The number of hydrogen-bond donors (Lipinski definition) is 0. The lowest BCUT2D eigenvalue weighted by molar-refractivity contribution is 0.00123. The Hall–Kier alpha value is -3.59. The fourth-order valence-corrected chi connectivity index (χ4v) is 4.14. The van der Waals surface area contributed by atoms with Crippen LogP contribution in [0.1, 0.15) is 47.8 Å². The molecule has 0 aliphatic carbocycles. The minimum atomic E-state index is -0.712. The van der Waals surface area contributed by atoms with E-state index in [0.29, 0.717) is 53.7 Å². The van der Waals surface area contributed by atoms with Crippen molar-refractivity contribution in [2.24, 2.45) is 0 Å². The van der Waals surface area contributed by atoms with Gasteiger partial charge in [0.15, 0.2) is 5.65 Å². The van der Waals surface area contributed by atoms with Gasteiger partial charge in [0.2, 0.25) is 5.88 Å². The molecule has 0 saturated carbocycles. The molecule has 3 aromatic heterocycles. The van der Waals surface area contributed by atoms with Crippen LogP contribution in [0.25, 0.3) is 22.4 Å². The summed E-state index contributed by atoms with van der Waals surface area (Å²) < 4.78 is 39.6. The Bertz CT molecular complexity index is 1380. The summed E-state index contributed by atoms with van der Waals surface area (Å²) in [4.78, 5) is 23.1. The highest BCUT2D eigenvalue weighted by Gasteiger charge is 2.29.